The summed E-state index contributed by atoms with van der Waals surface area (Å²) in [6.07, 6.45) is 5.06. The monoisotopic (exact) mass is 208 g/mol. The first kappa shape index (κ1) is 10.2. The van der Waals surface area contributed by atoms with Crippen LogP contribution in [0.25, 0.3) is 0 Å². The van der Waals surface area contributed by atoms with Gasteiger partial charge in [0.15, 0.2) is 0 Å². The summed E-state index contributed by atoms with van der Waals surface area (Å²) >= 11 is 0. The van der Waals surface area contributed by atoms with E-state index in [0.29, 0.717) is 0 Å². The molecule has 0 aromatic carbocycles. The first-order valence-corrected chi connectivity index (χ1v) is 5.45. The van der Waals surface area contributed by atoms with Gasteiger partial charge < -0.3 is 9.67 Å². The van der Waals surface area contributed by atoms with Gasteiger partial charge in [-0.25, -0.2) is 4.98 Å². The number of hydrogen-bond donors (Lipinski definition) is 1. The van der Waals surface area contributed by atoms with Crippen molar-refractivity contribution in [2.75, 3.05) is 0 Å². The van der Waals surface area contributed by atoms with Crippen LogP contribution in [0.1, 0.15) is 31.3 Å². The van der Waals surface area contributed by atoms with Crippen molar-refractivity contribution >= 4 is 5.97 Å². The highest BCUT2D eigenvalue weighted by molar-refractivity contribution is 5.67. The molecular weight excluding hydrogens is 192 g/mol. The van der Waals surface area contributed by atoms with Crippen LogP contribution >= 0.6 is 0 Å². The van der Waals surface area contributed by atoms with Crippen molar-refractivity contribution in [3.63, 3.8) is 0 Å². The van der Waals surface area contributed by atoms with E-state index in [1.54, 1.807) is 0 Å². The molecule has 1 aromatic heterocycles. The van der Waals surface area contributed by atoms with Gasteiger partial charge in [0.1, 0.15) is 5.82 Å². The number of carboxylic acids is 1. The number of aryl methyl sites for hydroxylation is 2. The fourth-order valence-electron chi connectivity index (χ4n) is 2.27. The molecule has 0 aliphatic carbocycles. The molecule has 1 N–H and O–H groups in total. The highest BCUT2D eigenvalue weighted by Crippen LogP contribution is 2.24. The summed E-state index contributed by atoms with van der Waals surface area (Å²) in [5.41, 5.74) is 1.26. The fraction of sp³-hybridized carbons (Fsp3) is 0.636. The minimum atomic E-state index is -0.693. The van der Waals surface area contributed by atoms with E-state index in [4.69, 9.17) is 5.11 Å². The van der Waals surface area contributed by atoms with Gasteiger partial charge in [-0.1, -0.05) is 6.92 Å². The number of aliphatic carboxylic acids is 1. The van der Waals surface area contributed by atoms with E-state index in [2.05, 4.69) is 16.5 Å². The Morgan fingerprint density at radius 1 is 1.73 bits per heavy atom. The molecule has 0 saturated heterocycles. The molecule has 2 heterocycles. The molecule has 0 spiro atoms. The van der Waals surface area contributed by atoms with Gasteiger partial charge in [0, 0.05) is 31.3 Å². The third-order valence-electron chi connectivity index (χ3n) is 3.05. The molecule has 15 heavy (non-hydrogen) atoms. The van der Waals surface area contributed by atoms with Crippen LogP contribution in [0.15, 0.2) is 6.20 Å². The lowest BCUT2D eigenvalue weighted by Gasteiger charge is -2.24. The van der Waals surface area contributed by atoms with E-state index in [1.807, 2.05) is 6.20 Å². The van der Waals surface area contributed by atoms with Crippen molar-refractivity contribution in [3.05, 3.63) is 17.7 Å². The molecule has 0 bridgehead atoms. The highest BCUT2D eigenvalue weighted by Gasteiger charge is 2.22. The molecule has 1 aliphatic rings. The predicted octanol–water partition coefficient (Wildman–Crippen LogP) is 1.48. The summed E-state index contributed by atoms with van der Waals surface area (Å²) in [5, 5.41) is 8.77. The van der Waals surface area contributed by atoms with E-state index in [-0.39, 0.29) is 12.3 Å². The van der Waals surface area contributed by atoms with E-state index in [9.17, 15) is 4.79 Å². The molecule has 0 fully saturated rings. The maximum Gasteiger partial charge on any atom is 0.303 e. The highest BCUT2D eigenvalue weighted by atomic mass is 16.4. The lowest BCUT2D eigenvalue weighted by molar-refractivity contribution is -0.138. The molecular formula is C11H16N2O2. The maximum atomic E-state index is 10.6. The molecule has 1 atom stereocenters. The van der Waals surface area contributed by atoms with E-state index >= 15 is 0 Å². The number of rotatable bonds is 3. The molecule has 0 saturated carbocycles. The van der Waals surface area contributed by atoms with Gasteiger partial charge in [-0.3, -0.25) is 4.79 Å². The second kappa shape index (κ2) is 4.04. The second-order valence-electron chi connectivity index (χ2n) is 4.13. The summed E-state index contributed by atoms with van der Waals surface area (Å²) in [5.74, 6) is 0.663. The first-order chi connectivity index (χ1) is 7.20. The molecule has 4 nitrogen and oxygen atoms in total. The summed E-state index contributed by atoms with van der Waals surface area (Å²) in [7, 11) is 0. The number of fused-ring (bicyclic) bond motifs is 1. The third kappa shape index (κ3) is 2.03. The smallest absolute Gasteiger partial charge is 0.303 e. The van der Waals surface area contributed by atoms with E-state index in [1.165, 1.54) is 5.69 Å². The van der Waals surface area contributed by atoms with Gasteiger partial charge in [-0.05, 0) is 18.8 Å². The third-order valence-corrected chi connectivity index (χ3v) is 3.05. The first-order valence-electron chi connectivity index (χ1n) is 5.45. The van der Waals surface area contributed by atoms with Crippen molar-refractivity contribution in [1.29, 1.82) is 0 Å². The number of nitrogens with zero attached hydrogens (tertiary/aromatic N) is 2. The Kier molecular flexibility index (Phi) is 2.75. The average Bonchev–Trinajstić information content (AvgIpc) is 2.59. The molecule has 0 radical (unpaired) electrons. The maximum absolute atomic E-state index is 10.6. The second-order valence-corrected chi connectivity index (χ2v) is 4.13. The minimum Gasteiger partial charge on any atom is -0.481 e. The SMILES string of the molecule is CCc1ncc2n1CC(CC(=O)O)CC2. The quantitative estimate of drug-likeness (QED) is 0.818. The lowest BCUT2D eigenvalue weighted by atomic mass is 9.95. The normalized spacial score (nSPS) is 19.9. The van der Waals surface area contributed by atoms with Crippen molar-refractivity contribution in [2.45, 2.75) is 39.2 Å². The van der Waals surface area contributed by atoms with Crippen LogP contribution in [0.4, 0.5) is 0 Å². The van der Waals surface area contributed by atoms with E-state index in [0.717, 1.165) is 31.6 Å². The van der Waals surface area contributed by atoms with Crippen molar-refractivity contribution in [3.8, 4) is 0 Å². The van der Waals surface area contributed by atoms with Crippen LogP contribution in [-0.2, 0) is 24.2 Å². The van der Waals surface area contributed by atoms with Gasteiger partial charge >= 0.3 is 5.97 Å². The molecule has 82 valence electrons. The lowest BCUT2D eigenvalue weighted by Crippen LogP contribution is -2.23. The molecule has 4 heteroatoms. The number of carbonyl (C=O) groups is 1. The van der Waals surface area contributed by atoms with Crippen molar-refractivity contribution < 1.29 is 9.90 Å². The zero-order valence-corrected chi connectivity index (χ0v) is 8.94. The van der Waals surface area contributed by atoms with Gasteiger partial charge in [0.2, 0.25) is 0 Å². The van der Waals surface area contributed by atoms with Crippen LogP contribution < -0.4 is 0 Å². The predicted molar refractivity (Wildman–Crippen MR) is 55.7 cm³/mol. The van der Waals surface area contributed by atoms with Crippen LogP contribution in [0.2, 0.25) is 0 Å². The summed E-state index contributed by atoms with van der Waals surface area (Å²) in [6, 6.07) is 0. The van der Waals surface area contributed by atoms with Crippen LogP contribution in [0, 0.1) is 5.92 Å². The zero-order chi connectivity index (χ0) is 10.8. The Bertz CT molecular complexity index is 357. The largest absolute Gasteiger partial charge is 0.481 e. The van der Waals surface area contributed by atoms with Gasteiger partial charge in [0.05, 0.1) is 0 Å². The molecule has 2 rings (SSSR count). The number of imidazole rings is 1. The Hall–Kier alpha value is -1.32. The standard InChI is InChI=1S/C11H16N2O2/c1-2-10-12-6-9-4-3-8(5-11(14)15)7-13(9)10/h6,8H,2-5,7H2,1H3,(H,14,15). The van der Waals surface area contributed by atoms with Gasteiger partial charge in [0.25, 0.3) is 0 Å². The molecule has 0 amide bonds. The number of hydrogen-bond acceptors (Lipinski definition) is 2. The van der Waals surface area contributed by atoms with Crippen LogP contribution in [0.3, 0.4) is 0 Å². The van der Waals surface area contributed by atoms with E-state index < -0.39 is 5.97 Å². The number of aromatic nitrogens is 2. The Morgan fingerprint density at radius 3 is 3.20 bits per heavy atom. The Morgan fingerprint density at radius 2 is 2.53 bits per heavy atom. The zero-order valence-electron chi connectivity index (χ0n) is 8.94. The number of carboxylic acid groups (broad SMARTS) is 1. The van der Waals surface area contributed by atoms with Gasteiger partial charge in [-0.15, -0.1) is 0 Å². The Balaban J connectivity index is 2.13. The molecule has 1 aliphatic heterocycles. The van der Waals surface area contributed by atoms with Crippen LogP contribution in [-0.4, -0.2) is 20.6 Å². The summed E-state index contributed by atoms with van der Waals surface area (Å²) < 4.78 is 2.19. The molecule has 1 unspecified atom stereocenters. The summed E-state index contributed by atoms with van der Waals surface area (Å²) in [6.45, 7) is 2.90. The summed E-state index contributed by atoms with van der Waals surface area (Å²) in [4.78, 5) is 15.0. The van der Waals surface area contributed by atoms with Crippen molar-refractivity contribution in [1.82, 2.24) is 9.55 Å². The van der Waals surface area contributed by atoms with Gasteiger partial charge in [-0.2, -0.15) is 0 Å². The average molecular weight is 208 g/mol. The Labute approximate surface area is 88.9 Å². The molecule has 1 aromatic rings. The van der Waals surface area contributed by atoms with Crippen LogP contribution in [0.5, 0.6) is 0 Å². The topological polar surface area (TPSA) is 55.1 Å². The minimum absolute atomic E-state index is 0.273. The van der Waals surface area contributed by atoms with Crippen molar-refractivity contribution in [2.24, 2.45) is 5.92 Å². The fourth-order valence-corrected chi connectivity index (χ4v) is 2.27.